The molecule has 154 valence electrons. The molecule has 2 amide bonds. The number of hydrogen-bond acceptors (Lipinski definition) is 4. The highest BCUT2D eigenvalue weighted by atomic mass is 19.1. The van der Waals surface area contributed by atoms with Gasteiger partial charge in [-0.15, -0.1) is 0 Å². The predicted octanol–water partition coefficient (Wildman–Crippen LogP) is 2.17. The SMILES string of the molecule is O=C(CCN1CCN(CC(=O)N2CCCCCC2)CC1)Nc1ccccc1F. The van der Waals surface area contributed by atoms with Gasteiger partial charge in [0.15, 0.2) is 0 Å². The molecule has 3 rings (SSSR count). The number of halogens is 1. The van der Waals surface area contributed by atoms with E-state index in [1.54, 1.807) is 18.2 Å². The molecule has 2 heterocycles. The smallest absolute Gasteiger partial charge is 0.236 e. The molecular weight excluding hydrogens is 359 g/mol. The number of piperazine rings is 1. The van der Waals surface area contributed by atoms with E-state index in [2.05, 4.69) is 15.1 Å². The van der Waals surface area contributed by atoms with Crippen LogP contribution in [0.1, 0.15) is 32.1 Å². The number of amides is 2. The second-order valence-corrected chi connectivity index (χ2v) is 7.69. The quantitative estimate of drug-likeness (QED) is 0.809. The molecule has 0 aromatic heterocycles. The van der Waals surface area contributed by atoms with E-state index in [1.807, 2.05) is 4.90 Å². The highest BCUT2D eigenvalue weighted by Gasteiger charge is 2.22. The fourth-order valence-electron chi connectivity index (χ4n) is 3.82. The van der Waals surface area contributed by atoms with Crippen molar-refractivity contribution in [1.82, 2.24) is 14.7 Å². The van der Waals surface area contributed by atoms with E-state index in [0.29, 0.717) is 19.5 Å². The lowest BCUT2D eigenvalue weighted by Gasteiger charge is -2.35. The first-order valence-corrected chi connectivity index (χ1v) is 10.4. The van der Waals surface area contributed by atoms with Crippen LogP contribution >= 0.6 is 0 Å². The predicted molar refractivity (Wildman–Crippen MR) is 108 cm³/mol. The van der Waals surface area contributed by atoms with Crippen LogP contribution in [0, 0.1) is 5.82 Å². The Morgan fingerprint density at radius 1 is 0.893 bits per heavy atom. The Morgan fingerprint density at radius 3 is 2.21 bits per heavy atom. The van der Waals surface area contributed by atoms with E-state index in [-0.39, 0.29) is 17.5 Å². The van der Waals surface area contributed by atoms with E-state index in [4.69, 9.17) is 0 Å². The molecule has 7 heteroatoms. The molecule has 6 nitrogen and oxygen atoms in total. The van der Waals surface area contributed by atoms with Crippen molar-refractivity contribution in [2.24, 2.45) is 0 Å². The van der Waals surface area contributed by atoms with Gasteiger partial charge >= 0.3 is 0 Å². The lowest BCUT2D eigenvalue weighted by Crippen LogP contribution is -2.50. The molecule has 0 radical (unpaired) electrons. The first-order valence-electron chi connectivity index (χ1n) is 10.4. The summed E-state index contributed by atoms with van der Waals surface area (Å²) in [6.45, 7) is 6.32. The third-order valence-electron chi connectivity index (χ3n) is 5.59. The molecule has 0 spiro atoms. The average molecular weight is 391 g/mol. The van der Waals surface area contributed by atoms with Crippen LogP contribution in [0.5, 0.6) is 0 Å². The molecule has 1 aromatic carbocycles. The Morgan fingerprint density at radius 2 is 1.54 bits per heavy atom. The molecule has 0 bridgehead atoms. The maximum Gasteiger partial charge on any atom is 0.236 e. The van der Waals surface area contributed by atoms with Gasteiger partial charge in [0.2, 0.25) is 11.8 Å². The van der Waals surface area contributed by atoms with Gasteiger partial charge in [0, 0.05) is 52.2 Å². The second-order valence-electron chi connectivity index (χ2n) is 7.69. The van der Waals surface area contributed by atoms with Crippen molar-refractivity contribution in [3.05, 3.63) is 30.1 Å². The van der Waals surface area contributed by atoms with E-state index in [0.717, 1.165) is 52.1 Å². The minimum atomic E-state index is -0.418. The third kappa shape index (κ3) is 6.27. The van der Waals surface area contributed by atoms with Crippen molar-refractivity contribution in [1.29, 1.82) is 0 Å². The van der Waals surface area contributed by atoms with Crippen LogP contribution in [0.25, 0.3) is 0 Å². The summed E-state index contributed by atoms with van der Waals surface area (Å²) < 4.78 is 13.6. The number of anilines is 1. The Balaban J connectivity index is 1.34. The molecule has 0 unspecified atom stereocenters. The Kier molecular flexibility index (Phi) is 7.80. The number of para-hydroxylation sites is 1. The van der Waals surface area contributed by atoms with Gasteiger partial charge in [0.25, 0.3) is 0 Å². The summed E-state index contributed by atoms with van der Waals surface area (Å²) in [5.41, 5.74) is 0.226. The van der Waals surface area contributed by atoms with Crippen molar-refractivity contribution >= 4 is 17.5 Å². The highest BCUT2D eigenvalue weighted by molar-refractivity contribution is 5.90. The number of likely N-dealkylation sites (tertiary alicyclic amines) is 1. The van der Waals surface area contributed by atoms with Gasteiger partial charge in [0.05, 0.1) is 12.2 Å². The molecule has 2 aliphatic rings. The van der Waals surface area contributed by atoms with Crippen molar-refractivity contribution in [3.63, 3.8) is 0 Å². The van der Waals surface area contributed by atoms with Crippen LogP contribution in [0.3, 0.4) is 0 Å². The minimum absolute atomic E-state index is 0.177. The molecule has 0 saturated carbocycles. The molecule has 2 aliphatic heterocycles. The summed E-state index contributed by atoms with van der Waals surface area (Å²) in [4.78, 5) is 31.0. The van der Waals surface area contributed by atoms with Gasteiger partial charge in [-0.1, -0.05) is 25.0 Å². The van der Waals surface area contributed by atoms with Gasteiger partial charge in [0.1, 0.15) is 5.82 Å². The topological polar surface area (TPSA) is 55.9 Å². The number of benzene rings is 1. The fourth-order valence-corrected chi connectivity index (χ4v) is 3.82. The Bertz CT molecular complexity index is 654. The molecule has 2 fully saturated rings. The molecule has 2 saturated heterocycles. The van der Waals surface area contributed by atoms with E-state index >= 15 is 0 Å². The summed E-state index contributed by atoms with van der Waals surface area (Å²) in [5.74, 6) is -0.345. The third-order valence-corrected chi connectivity index (χ3v) is 5.59. The van der Waals surface area contributed by atoms with Crippen LogP contribution in [-0.4, -0.2) is 78.9 Å². The number of rotatable bonds is 6. The van der Waals surface area contributed by atoms with Crippen molar-refractivity contribution in [2.75, 3.05) is 57.7 Å². The largest absolute Gasteiger partial charge is 0.342 e. The van der Waals surface area contributed by atoms with Crippen molar-refractivity contribution in [2.45, 2.75) is 32.1 Å². The molecular formula is C21H31FN4O2. The second kappa shape index (κ2) is 10.5. The zero-order chi connectivity index (χ0) is 19.8. The summed E-state index contributed by atoms with van der Waals surface area (Å²) in [7, 11) is 0. The lowest BCUT2D eigenvalue weighted by atomic mass is 10.2. The molecule has 0 aliphatic carbocycles. The van der Waals surface area contributed by atoms with Gasteiger partial charge in [-0.05, 0) is 25.0 Å². The zero-order valence-corrected chi connectivity index (χ0v) is 16.5. The summed E-state index contributed by atoms with van der Waals surface area (Å²) in [5, 5.41) is 2.62. The number of nitrogens with one attached hydrogen (secondary N) is 1. The van der Waals surface area contributed by atoms with Gasteiger partial charge < -0.3 is 15.1 Å². The monoisotopic (exact) mass is 390 g/mol. The fraction of sp³-hybridized carbons (Fsp3) is 0.619. The summed E-state index contributed by atoms with van der Waals surface area (Å²) in [6, 6.07) is 6.20. The van der Waals surface area contributed by atoms with Gasteiger partial charge in [-0.3, -0.25) is 14.5 Å². The Labute approximate surface area is 166 Å². The van der Waals surface area contributed by atoms with Crippen LogP contribution < -0.4 is 5.32 Å². The van der Waals surface area contributed by atoms with Crippen LogP contribution in [0.15, 0.2) is 24.3 Å². The summed E-state index contributed by atoms with van der Waals surface area (Å²) in [6.07, 6.45) is 5.03. The first-order chi connectivity index (χ1) is 13.6. The van der Waals surface area contributed by atoms with Crippen LogP contribution in [0.4, 0.5) is 10.1 Å². The van der Waals surface area contributed by atoms with E-state index in [9.17, 15) is 14.0 Å². The van der Waals surface area contributed by atoms with E-state index < -0.39 is 5.82 Å². The van der Waals surface area contributed by atoms with E-state index in [1.165, 1.54) is 18.9 Å². The molecule has 0 atom stereocenters. The normalized spacial score (nSPS) is 19.2. The minimum Gasteiger partial charge on any atom is -0.342 e. The standard InChI is InChI=1S/C21H31FN4O2/c22-18-7-3-4-8-19(18)23-20(27)9-12-24-13-15-25(16-14-24)17-21(28)26-10-5-1-2-6-11-26/h3-4,7-8H,1-2,5-6,9-17H2,(H,23,27). The number of carbonyl (C=O) groups excluding carboxylic acids is 2. The summed E-state index contributed by atoms with van der Waals surface area (Å²) >= 11 is 0. The maximum absolute atomic E-state index is 13.6. The highest BCUT2D eigenvalue weighted by Crippen LogP contribution is 2.13. The van der Waals surface area contributed by atoms with Gasteiger partial charge in [-0.25, -0.2) is 4.39 Å². The van der Waals surface area contributed by atoms with Gasteiger partial charge in [-0.2, -0.15) is 0 Å². The number of hydrogen-bond donors (Lipinski definition) is 1. The molecule has 28 heavy (non-hydrogen) atoms. The molecule has 1 aromatic rings. The van der Waals surface area contributed by atoms with Crippen LogP contribution in [-0.2, 0) is 9.59 Å². The van der Waals surface area contributed by atoms with Crippen LogP contribution in [0.2, 0.25) is 0 Å². The molecule has 1 N–H and O–H groups in total. The first kappa shape index (κ1) is 20.7. The number of carbonyl (C=O) groups is 2. The maximum atomic E-state index is 13.6. The lowest BCUT2D eigenvalue weighted by molar-refractivity contribution is -0.132. The zero-order valence-electron chi connectivity index (χ0n) is 16.5. The van der Waals surface area contributed by atoms with Crippen molar-refractivity contribution in [3.8, 4) is 0 Å². The Hall–Kier alpha value is -1.99. The average Bonchev–Trinajstić information content (AvgIpc) is 2.99. The van der Waals surface area contributed by atoms with Crippen molar-refractivity contribution < 1.29 is 14.0 Å². The number of nitrogens with zero attached hydrogens (tertiary/aromatic N) is 3.